The summed E-state index contributed by atoms with van der Waals surface area (Å²) in [6.07, 6.45) is 0. The summed E-state index contributed by atoms with van der Waals surface area (Å²) in [4.78, 5) is 13.6. The number of aromatic nitrogens is 1. The van der Waals surface area contributed by atoms with Gasteiger partial charge in [-0.15, -0.1) is 0 Å². The zero-order valence-electron chi connectivity index (χ0n) is 12.1. The van der Waals surface area contributed by atoms with Gasteiger partial charge in [-0.05, 0) is 26.0 Å². The number of hydrogen-bond acceptors (Lipinski definition) is 4. The largest absolute Gasteiger partial charge is 0.389 e. The molecule has 0 aliphatic heterocycles. The van der Waals surface area contributed by atoms with Crippen LogP contribution < -0.4 is 0 Å². The van der Waals surface area contributed by atoms with Crippen molar-refractivity contribution in [3.8, 4) is 11.3 Å². The van der Waals surface area contributed by atoms with Crippen LogP contribution in [0.4, 0.5) is 0 Å². The van der Waals surface area contributed by atoms with E-state index in [9.17, 15) is 9.90 Å². The van der Waals surface area contributed by atoms with Crippen molar-refractivity contribution in [3.05, 3.63) is 41.1 Å². The summed E-state index contributed by atoms with van der Waals surface area (Å²) >= 11 is 5.93. The molecule has 1 heterocycles. The second-order valence-corrected chi connectivity index (χ2v) is 6.00. The molecular formula is C15H17ClN2O3. The second kappa shape index (κ2) is 5.87. The number of carbonyl (C=O) groups excluding carboxylic acids is 1. The van der Waals surface area contributed by atoms with Gasteiger partial charge >= 0.3 is 0 Å². The molecule has 5 nitrogen and oxygen atoms in total. The maximum atomic E-state index is 12.2. The number of amides is 1. The average Bonchev–Trinajstić information content (AvgIpc) is 2.85. The Morgan fingerprint density at radius 3 is 2.76 bits per heavy atom. The van der Waals surface area contributed by atoms with Crippen molar-refractivity contribution >= 4 is 17.5 Å². The Morgan fingerprint density at radius 2 is 2.14 bits per heavy atom. The molecule has 112 valence electrons. The van der Waals surface area contributed by atoms with Crippen molar-refractivity contribution in [2.24, 2.45) is 0 Å². The molecule has 1 aromatic heterocycles. The minimum Gasteiger partial charge on any atom is -0.389 e. The van der Waals surface area contributed by atoms with Crippen LogP contribution in [0.1, 0.15) is 24.4 Å². The van der Waals surface area contributed by atoms with Gasteiger partial charge in [0.25, 0.3) is 5.91 Å². The maximum Gasteiger partial charge on any atom is 0.292 e. The van der Waals surface area contributed by atoms with Gasteiger partial charge in [0.1, 0.15) is 5.69 Å². The third-order valence-electron chi connectivity index (χ3n) is 2.81. The van der Waals surface area contributed by atoms with E-state index in [0.717, 1.165) is 5.56 Å². The molecule has 1 N–H and O–H groups in total. The zero-order chi connectivity index (χ0) is 15.6. The molecule has 2 aromatic rings. The molecule has 6 heteroatoms. The van der Waals surface area contributed by atoms with Crippen LogP contribution in [0.15, 0.2) is 34.9 Å². The average molecular weight is 309 g/mol. The monoisotopic (exact) mass is 308 g/mol. The molecule has 21 heavy (non-hydrogen) atoms. The van der Waals surface area contributed by atoms with Crippen LogP contribution in [0.5, 0.6) is 0 Å². The van der Waals surface area contributed by atoms with E-state index in [1.54, 1.807) is 45.2 Å². The normalized spacial score (nSPS) is 11.5. The van der Waals surface area contributed by atoms with E-state index < -0.39 is 5.60 Å². The van der Waals surface area contributed by atoms with Crippen LogP contribution in [0.2, 0.25) is 5.02 Å². The summed E-state index contributed by atoms with van der Waals surface area (Å²) in [5, 5.41) is 14.2. The number of rotatable bonds is 4. The first-order chi connectivity index (χ1) is 9.76. The number of nitrogens with zero attached hydrogens (tertiary/aromatic N) is 2. The van der Waals surface area contributed by atoms with Gasteiger partial charge in [-0.1, -0.05) is 28.9 Å². The first-order valence-corrected chi connectivity index (χ1v) is 6.84. The van der Waals surface area contributed by atoms with Gasteiger partial charge in [-0.25, -0.2) is 0 Å². The predicted octanol–water partition coefficient (Wildman–Crippen LogP) is 2.84. The third-order valence-corrected chi connectivity index (χ3v) is 3.05. The Kier molecular flexibility index (Phi) is 4.34. The zero-order valence-corrected chi connectivity index (χ0v) is 12.9. The molecular weight excluding hydrogens is 292 g/mol. The van der Waals surface area contributed by atoms with E-state index in [-0.39, 0.29) is 18.2 Å². The Morgan fingerprint density at radius 1 is 1.43 bits per heavy atom. The Labute approximate surface area is 128 Å². The highest BCUT2D eigenvalue weighted by atomic mass is 35.5. The van der Waals surface area contributed by atoms with Crippen molar-refractivity contribution in [1.82, 2.24) is 10.1 Å². The molecule has 1 amide bonds. The summed E-state index contributed by atoms with van der Waals surface area (Å²) in [7, 11) is 1.60. The minimum absolute atomic E-state index is 0.122. The number of aliphatic hydroxyl groups is 1. The quantitative estimate of drug-likeness (QED) is 0.943. The lowest BCUT2D eigenvalue weighted by atomic mass is 10.1. The summed E-state index contributed by atoms with van der Waals surface area (Å²) in [5.41, 5.74) is 0.341. The molecule has 2 rings (SSSR count). The van der Waals surface area contributed by atoms with E-state index in [2.05, 4.69) is 5.16 Å². The highest BCUT2D eigenvalue weighted by molar-refractivity contribution is 6.30. The van der Waals surface area contributed by atoms with Crippen LogP contribution in [0.25, 0.3) is 11.3 Å². The second-order valence-electron chi connectivity index (χ2n) is 5.56. The van der Waals surface area contributed by atoms with Crippen LogP contribution in [0.3, 0.4) is 0 Å². The molecule has 1 aromatic carbocycles. The number of carbonyl (C=O) groups is 1. The molecule has 0 spiro atoms. The predicted molar refractivity (Wildman–Crippen MR) is 80.2 cm³/mol. The van der Waals surface area contributed by atoms with Crippen LogP contribution >= 0.6 is 11.6 Å². The standard InChI is InChI=1S/C15H17ClN2O3/c1-15(2,20)9-18(3)14(19)13-8-12(17-21-13)10-5-4-6-11(16)7-10/h4-8,20H,9H2,1-3H3. The summed E-state index contributed by atoms with van der Waals surface area (Å²) in [5.74, 6) is -0.213. The number of benzene rings is 1. The first-order valence-electron chi connectivity index (χ1n) is 6.47. The van der Waals surface area contributed by atoms with Gasteiger partial charge in [0.2, 0.25) is 5.76 Å². The summed E-state index contributed by atoms with van der Waals surface area (Å²) in [6.45, 7) is 3.46. The smallest absolute Gasteiger partial charge is 0.292 e. The summed E-state index contributed by atoms with van der Waals surface area (Å²) in [6, 6.07) is 8.70. The van der Waals surface area contributed by atoms with Gasteiger partial charge in [0, 0.05) is 30.2 Å². The van der Waals surface area contributed by atoms with Crippen molar-refractivity contribution in [3.63, 3.8) is 0 Å². The lowest BCUT2D eigenvalue weighted by Crippen LogP contribution is -2.39. The van der Waals surface area contributed by atoms with Crippen LogP contribution in [-0.2, 0) is 0 Å². The van der Waals surface area contributed by atoms with Gasteiger partial charge < -0.3 is 14.5 Å². The molecule has 0 atom stereocenters. The molecule has 0 saturated carbocycles. The van der Waals surface area contributed by atoms with Crippen molar-refractivity contribution in [2.45, 2.75) is 19.4 Å². The fraction of sp³-hybridized carbons (Fsp3) is 0.333. The van der Waals surface area contributed by atoms with Crippen molar-refractivity contribution in [2.75, 3.05) is 13.6 Å². The SMILES string of the molecule is CN(CC(C)(C)O)C(=O)c1cc(-c2cccc(Cl)c2)no1. The van der Waals surface area contributed by atoms with E-state index in [4.69, 9.17) is 16.1 Å². The van der Waals surface area contributed by atoms with Gasteiger partial charge in [-0.3, -0.25) is 4.79 Å². The molecule has 0 aliphatic carbocycles. The van der Waals surface area contributed by atoms with Crippen LogP contribution in [0, 0.1) is 0 Å². The van der Waals surface area contributed by atoms with E-state index in [1.807, 2.05) is 6.07 Å². The molecule has 0 aliphatic rings. The number of likely N-dealkylation sites (N-methyl/N-ethyl adjacent to an activating group) is 1. The third kappa shape index (κ3) is 4.06. The van der Waals surface area contributed by atoms with E-state index >= 15 is 0 Å². The number of hydrogen-bond donors (Lipinski definition) is 1. The highest BCUT2D eigenvalue weighted by Gasteiger charge is 2.23. The Balaban J connectivity index is 2.18. The Hall–Kier alpha value is -1.85. The lowest BCUT2D eigenvalue weighted by molar-refractivity contribution is 0.0347. The minimum atomic E-state index is -0.972. The van der Waals surface area contributed by atoms with Gasteiger partial charge in [-0.2, -0.15) is 0 Å². The molecule has 0 bridgehead atoms. The molecule has 0 radical (unpaired) electrons. The molecule has 0 unspecified atom stereocenters. The first kappa shape index (κ1) is 15.5. The Bertz CT molecular complexity index is 646. The highest BCUT2D eigenvalue weighted by Crippen LogP contribution is 2.23. The molecule has 0 fully saturated rings. The van der Waals surface area contributed by atoms with Gasteiger partial charge in [0.15, 0.2) is 0 Å². The van der Waals surface area contributed by atoms with Crippen LogP contribution in [-0.4, -0.2) is 40.3 Å². The topological polar surface area (TPSA) is 66.6 Å². The van der Waals surface area contributed by atoms with Gasteiger partial charge in [0.05, 0.1) is 5.60 Å². The van der Waals surface area contributed by atoms with E-state index in [0.29, 0.717) is 10.7 Å². The van der Waals surface area contributed by atoms with Crippen molar-refractivity contribution < 1.29 is 14.4 Å². The van der Waals surface area contributed by atoms with E-state index in [1.165, 1.54) is 4.90 Å². The summed E-state index contributed by atoms with van der Waals surface area (Å²) < 4.78 is 5.09. The van der Waals surface area contributed by atoms with Crippen molar-refractivity contribution in [1.29, 1.82) is 0 Å². The maximum absolute atomic E-state index is 12.2. The molecule has 0 saturated heterocycles. The number of halogens is 1. The lowest BCUT2D eigenvalue weighted by Gasteiger charge is -2.24. The fourth-order valence-electron chi connectivity index (χ4n) is 2.00. The fourth-order valence-corrected chi connectivity index (χ4v) is 2.19.